The Kier molecular flexibility index (Phi) is 6.61. The van der Waals surface area contributed by atoms with Gasteiger partial charge in [-0.25, -0.2) is 0 Å². The summed E-state index contributed by atoms with van der Waals surface area (Å²) in [4.78, 5) is 4.51. The third-order valence-corrected chi connectivity index (χ3v) is 4.69. The highest BCUT2D eigenvalue weighted by atomic mass is 79.9. The Morgan fingerprint density at radius 3 is 2.76 bits per heavy atom. The normalized spacial score (nSPS) is 19.4. The molecule has 0 spiro atoms. The van der Waals surface area contributed by atoms with Gasteiger partial charge < -0.3 is 14.8 Å². The van der Waals surface area contributed by atoms with Crippen molar-refractivity contribution in [1.29, 1.82) is 0 Å². The topological polar surface area (TPSA) is 43.4 Å². The van der Waals surface area contributed by atoms with Crippen molar-refractivity contribution >= 4 is 15.9 Å². The monoisotopic (exact) mass is 356 g/mol. The van der Waals surface area contributed by atoms with Crippen LogP contribution in [0.1, 0.15) is 31.9 Å². The fourth-order valence-corrected chi connectivity index (χ4v) is 3.15. The second kappa shape index (κ2) is 8.22. The maximum atomic E-state index is 5.95. The predicted octanol–water partition coefficient (Wildman–Crippen LogP) is 2.95. The Morgan fingerprint density at radius 1 is 1.43 bits per heavy atom. The Bertz CT molecular complexity index is 419. The van der Waals surface area contributed by atoms with Gasteiger partial charge in [0.15, 0.2) is 0 Å². The maximum absolute atomic E-state index is 5.95. The summed E-state index contributed by atoms with van der Waals surface area (Å²) >= 11 is 3.44. The van der Waals surface area contributed by atoms with E-state index in [4.69, 9.17) is 9.47 Å². The Labute approximate surface area is 135 Å². The molecule has 1 aliphatic heterocycles. The van der Waals surface area contributed by atoms with Gasteiger partial charge in [-0.2, -0.15) is 0 Å². The van der Waals surface area contributed by atoms with Gasteiger partial charge in [0.05, 0.1) is 5.60 Å². The van der Waals surface area contributed by atoms with E-state index in [1.54, 1.807) is 0 Å². The number of hydrogen-bond donors (Lipinski definition) is 1. The number of nitrogens with zero attached hydrogens (tertiary/aromatic N) is 1. The predicted molar refractivity (Wildman–Crippen MR) is 87.5 cm³/mol. The molecule has 21 heavy (non-hydrogen) atoms. The molecule has 1 unspecified atom stereocenters. The molecule has 0 bridgehead atoms. The molecule has 0 radical (unpaired) electrons. The number of ether oxygens (including phenoxy) is 2. The van der Waals surface area contributed by atoms with Crippen LogP contribution in [-0.2, 0) is 15.9 Å². The van der Waals surface area contributed by atoms with Crippen molar-refractivity contribution in [2.24, 2.45) is 0 Å². The zero-order chi connectivity index (χ0) is 15.1. The van der Waals surface area contributed by atoms with E-state index in [9.17, 15) is 0 Å². The first kappa shape index (κ1) is 16.9. The highest BCUT2D eigenvalue weighted by Gasteiger charge is 2.40. The van der Waals surface area contributed by atoms with Crippen molar-refractivity contribution in [2.75, 3.05) is 26.9 Å². The SMILES string of the molecule is CCCNC(Cc1ccc(Br)cn1)C1(OC)CCOCC1. The molecule has 118 valence electrons. The lowest BCUT2D eigenvalue weighted by molar-refractivity contribution is -0.110. The van der Waals surface area contributed by atoms with Gasteiger partial charge in [0.1, 0.15) is 0 Å². The molecule has 5 heteroatoms. The van der Waals surface area contributed by atoms with Crippen molar-refractivity contribution in [3.63, 3.8) is 0 Å². The van der Waals surface area contributed by atoms with Crippen LogP contribution in [-0.4, -0.2) is 43.5 Å². The molecule has 1 aliphatic rings. The minimum Gasteiger partial charge on any atom is -0.381 e. The van der Waals surface area contributed by atoms with Crippen molar-refractivity contribution in [3.05, 3.63) is 28.5 Å². The third-order valence-electron chi connectivity index (χ3n) is 4.22. The average Bonchev–Trinajstić information content (AvgIpc) is 2.54. The number of methoxy groups -OCH3 is 1. The van der Waals surface area contributed by atoms with Crippen LogP contribution < -0.4 is 5.32 Å². The fourth-order valence-electron chi connectivity index (χ4n) is 2.91. The number of hydrogen-bond acceptors (Lipinski definition) is 4. The molecule has 1 aromatic heterocycles. The summed E-state index contributed by atoms with van der Waals surface area (Å²) < 4.78 is 12.5. The summed E-state index contributed by atoms with van der Waals surface area (Å²) in [7, 11) is 1.82. The minimum atomic E-state index is -0.151. The Hall–Kier alpha value is -0.490. The Morgan fingerprint density at radius 2 is 2.19 bits per heavy atom. The maximum Gasteiger partial charge on any atom is 0.0878 e. The van der Waals surface area contributed by atoms with Crippen LogP contribution in [0.4, 0.5) is 0 Å². The van der Waals surface area contributed by atoms with Crippen molar-refractivity contribution in [3.8, 4) is 0 Å². The molecule has 1 atom stereocenters. The lowest BCUT2D eigenvalue weighted by Crippen LogP contribution is -2.56. The van der Waals surface area contributed by atoms with E-state index < -0.39 is 0 Å². The van der Waals surface area contributed by atoms with Crippen LogP contribution in [0, 0.1) is 0 Å². The van der Waals surface area contributed by atoms with E-state index in [-0.39, 0.29) is 11.6 Å². The summed E-state index contributed by atoms with van der Waals surface area (Å²) in [6.45, 7) is 4.72. The summed E-state index contributed by atoms with van der Waals surface area (Å²) in [5.41, 5.74) is 0.942. The van der Waals surface area contributed by atoms with Crippen molar-refractivity contribution < 1.29 is 9.47 Å². The number of aromatic nitrogens is 1. The lowest BCUT2D eigenvalue weighted by atomic mass is 9.83. The first-order chi connectivity index (χ1) is 10.2. The van der Waals surface area contributed by atoms with Crippen LogP contribution in [0.3, 0.4) is 0 Å². The van der Waals surface area contributed by atoms with Crippen molar-refractivity contribution in [1.82, 2.24) is 10.3 Å². The molecule has 4 nitrogen and oxygen atoms in total. The van der Waals surface area contributed by atoms with Gasteiger partial charge in [-0.1, -0.05) is 6.92 Å². The van der Waals surface area contributed by atoms with E-state index >= 15 is 0 Å². The van der Waals surface area contributed by atoms with Gasteiger partial charge in [0, 0.05) is 62.0 Å². The zero-order valence-corrected chi connectivity index (χ0v) is 14.5. The molecule has 0 saturated carbocycles. The van der Waals surface area contributed by atoms with E-state index in [0.717, 1.165) is 55.6 Å². The van der Waals surface area contributed by atoms with Gasteiger partial charge in [-0.15, -0.1) is 0 Å². The highest BCUT2D eigenvalue weighted by Crippen LogP contribution is 2.30. The van der Waals surface area contributed by atoms with E-state index in [1.807, 2.05) is 19.4 Å². The van der Waals surface area contributed by atoms with Gasteiger partial charge in [-0.05, 0) is 41.0 Å². The van der Waals surface area contributed by atoms with Crippen LogP contribution in [0.2, 0.25) is 0 Å². The van der Waals surface area contributed by atoms with E-state index in [0.29, 0.717) is 0 Å². The molecule has 1 N–H and O–H groups in total. The van der Waals surface area contributed by atoms with E-state index in [2.05, 4.69) is 39.2 Å². The van der Waals surface area contributed by atoms with Crippen molar-refractivity contribution in [2.45, 2.75) is 44.2 Å². The first-order valence-electron chi connectivity index (χ1n) is 7.67. The second-order valence-electron chi connectivity index (χ2n) is 5.56. The third kappa shape index (κ3) is 4.49. The van der Waals surface area contributed by atoms with Gasteiger partial charge >= 0.3 is 0 Å². The molecule has 0 aliphatic carbocycles. The molecular formula is C16H25BrN2O2. The summed E-state index contributed by atoms with van der Waals surface area (Å²) in [6, 6.07) is 4.39. The second-order valence-corrected chi connectivity index (χ2v) is 6.48. The highest BCUT2D eigenvalue weighted by molar-refractivity contribution is 9.10. The lowest BCUT2D eigenvalue weighted by Gasteiger charge is -2.42. The number of pyridine rings is 1. The van der Waals surface area contributed by atoms with Gasteiger partial charge in [-0.3, -0.25) is 4.98 Å². The largest absolute Gasteiger partial charge is 0.381 e. The minimum absolute atomic E-state index is 0.151. The number of halogens is 1. The summed E-state index contributed by atoms with van der Waals surface area (Å²) in [5.74, 6) is 0. The molecular weight excluding hydrogens is 332 g/mol. The van der Waals surface area contributed by atoms with Crippen LogP contribution in [0.25, 0.3) is 0 Å². The molecule has 0 aromatic carbocycles. The average molecular weight is 357 g/mol. The number of rotatable bonds is 7. The molecule has 1 saturated heterocycles. The summed E-state index contributed by atoms with van der Waals surface area (Å²) in [5, 5.41) is 3.66. The molecule has 2 rings (SSSR count). The van der Waals surface area contributed by atoms with Crippen LogP contribution in [0.15, 0.2) is 22.8 Å². The molecule has 1 aromatic rings. The summed E-state index contributed by atoms with van der Waals surface area (Å²) in [6.07, 6.45) is 5.71. The molecule has 0 amide bonds. The molecule has 2 heterocycles. The standard InChI is InChI=1S/C16H25BrN2O2/c1-3-8-18-15(11-14-5-4-13(17)12-19-14)16(20-2)6-9-21-10-7-16/h4-5,12,15,18H,3,6-11H2,1-2H3. The van der Waals surface area contributed by atoms with Gasteiger partial charge in [0.25, 0.3) is 0 Å². The molecule has 1 fully saturated rings. The van der Waals surface area contributed by atoms with Crippen LogP contribution >= 0.6 is 15.9 Å². The van der Waals surface area contributed by atoms with Gasteiger partial charge in [0.2, 0.25) is 0 Å². The quantitative estimate of drug-likeness (QED) is 0.815. The fraction of sp³-hybridized carbons (Fsp3) is 0.688. The first-order valence-corrected chi connectivity index (χ1v) is 8.46. The smallest absolute Gasteiger partial charge is 0.0878 e. The van der Waals surface area contributed by atoms with Crippen LogP contribution in [0.5, 0.6) is 0 Å². The zero-order valence-electron chi connectivity index (χ0n) is 12.9. The van der Waals surface area contributed by atoms with E-state index in [1.165, 1.54) is 0 Å². The number of nitrogens with one attached hydrogen (secondary N) is 1. The Balaban J connectivity index is 2.13.